The van der Waals surface area contributed by atoms with Crippen LogP contribution in [0.3, 0.4) is 0 Å². The van der Waals surface area contributed by atoms with E-state index in [4.69, 9.17) is 11.3 Å². The summed E-state index contributed by atoms with van der Waals surface area (Å²) in [7, 11) is 1.43. The summed E-state index contributed by atoms with van der Waals surface area (Å²) in [5.41, 5.74) is 3.43. The lowest BCUT2D eigenvalue weighted by Crippen LogP contribution is -2.15. The average Bonchev–Trinajstić information content (AvgIpc) is 2.71. The van der Waals surface area contributed by atoms with Crippen LogP contribution >= 0.6 is 0 Å². The van der Waals surface area contributed by atoms with Crippen LogP contribution in [0, 0.1) is 12.5 Å². The van der Waals surface area contributed by atoms with Gasteiger partial charge in [-0.25, -0.2) is 6.57 Å². The van der Waals surface area contributed by atoms with Crippen molar-refractivity contribution in [3.05, 3.63) is 46.3 Å². The third kappa shape index (κ3) is 1.92. The molecular formula is C13H13NO2. The van der Waals surface area contributed by atoms with Gasteiger partial charge in [-0.15, -0.1) is 0 Å². The van der Waals surface area contributed by atoms with Gasteiger partial charge >= 0.3 is 5.97 Å². The zero-order valence-electron chi connectivity index (χ0n) is 9.19. The van der Waals surface area contributed by atoms with E-state index >= 15 is 0 Å². The molecule has 0 amide bonds. The first-order chi connectivity index (χ1) is 7.74. The number of esters is 1. The summed E-state index contributed by atoms with van der Waals surface area (Å²) in [6.45, 7) is 7.24. The summed E-state index contributed by atoms with van der Waals surface area (Å²) < 4.78 is 4.76. The Hall–Kier alpha value is -1.82. The zero-order valence-corrected chi connectivity index (χ0v) is 9.19. The second-order valence-corrected chi connectivity index (χ2v) is 4.05. The standard InChI is InChI=1S/C13H13NO2/c1-14-8-9-3-4-10-6-12(13(15)16-2)7-11(10)5-9/h3-5,12H,6-8H2,2H3. The van der Waals surface area contributed by atoms with Crippen LogP contribution in [0.2, 0.25) is 0 Å². The van der Waals surface area contributed by atoms with Gasteiger partial charge in [0, 0.05) is 5.56 Å². The maximum Gasteiger partial charge on any atom is 0.309 e. The summed E-state index contributed by atoms with van der Waals surface area (Å²) in [6.07, 6.45) is 1.51. The Morgan fingerprint density at radius 1 is 1.50 bits per heavy atom. The van der Waals surface area contributed by atoms with Crippen LogP contribution in [0.15, 0.2) is 18.2 Å². The third-order valence-corrected chi connectivity index (χ3v) is 3.00. The highest BCUT2D eigenvalue weighted by atomic mass is 16.5. The second kappa shape index (κ2) is 4.36. The molecule has 1 atom stereocenters. The molecule has 2 rings (SSSR count). The summed E-state index contributed by atoms with van der Waals surface area (Å²) in [5, 5.41) is 0. The molecule has 0 radical (unpaired) electrons. The number of ether oxygens (including phenoxy) is 1. The van der Waals surface area contributed by atoms with Gasteiger partial charge in [-0.1, -0.05) is 12.1 Å². The van der Waals surface area contributed by atoms with Crippen molar-refractivity contribution in [3.8, 4) is 0 Å². The summed E-state index contributed by atoms with van der Waals surface area (Å²) in [4.78, 5) is 14.8. The lowest BCUT2D eigenvalue weighted by Gasteiger charge is -2.04. The smallest absolute Gasteiger partial charge is 0.309 e. The predicted octanol–water partition coefficient (Wildman–Crippen LogP) is 1.99. The molecule has 3 nitrogen and oxygen atoms in total. The van der Waals surface area contributed by atoms with E-state index in [0.29, 0.717) is 6.54 Å². The molecule has 1 aromatic carbocycles. The van der Waals surface area contributed by atoms with Gasteiger partial charge in [0.1, 0.15) is 0 Å². The van der Waals surface area contributed by atoms with Gasteiger partial charge in [-0.05, 0) is 30.0 Å². The molecule has 3 heteroatoms. The highest BCUT2D eigenvalue weighted by Gasteiger charge is 2.28. The van der Waals surface area contributed by atoms with Crippen molar-refractivity contribution in [2.45, 2.75) is 19.4 Å². The lowest BCUT2D eigenvalue weighted by molar-refractivity contribution is -0.145. The van der Waals surface area contributed by atoms with Crippen LogP contribution in [0.25, 0.3) is 4.85 Å². The van der Waals surface area contributed by atoms with E-state index in [0.717, 1.165) is 18.4 Å². The Morgan fingerprint density at radius 3 is 2.94 bits per heavy atom. The molecule has 0 fully saturated rings. The molecule has 1 aliphatic carbocycles. The third-order valence-electron chi connectivity index (χ3n) is 3.00. The highest BCUT2D eigenvalue weighted by molar-refractivity contribution is 5.74. The molecule has 0 N–H and O–H groups in total. The number of carbonyl (C=O) groups is 1. The molecule has 1 unspecified atom stereocenters. The SMILES string of the molecule is [C-]#[N+]Cc1ccc2c(c1)CC(C(=O)OC)C2. The van der Waals surface area contributed by atoms with E-state index in [1.165, 1.54) is 18.2 Å². The number of hydrogen-bond donors (Lipinski definition) is 0. The zero-order chi connectivity index (χ0) is 11.5. The predicted molar refractivity (Wildman–Crippen MR) is 59.7 cm³/mol. The van der Waals surface area contributed by atoms with E-state index in [1.807, 2.05) is 18.2 Å². The Labute approximate surface area is 94.9 Å². The number of nitrogens with zero attached hydrogens (tertiary/aromatic N) is 1. The van der Waals surface area contributed by atoms with Crippen molar-refractivity contribution in [3.63, 3.8) is 0 Å². The first-order valence-electron chi connectivity index (χ1n) is 5.26. The summed E-state index contributed by atoms with van der Waals surface area (Å²) >= 11 is 0. The minimum Gasteiger partial charge on any atom is -0.469 e. The van der Waals surface area contributed by atoms with Gasteiger partial charge in [0.25, 0.3) is 0 Å². The first kappa shape index (κ1) is 10.7. The molecule has 0 aromatic heterocycles. The molecule has 0 spiro atoms. The van der Waals surface area contributed by atoms with Gasteiger partial charge in [0.15, 0.2) is 0 Å². The molecule has 1 aromatic rings. The number of methoxy groups -OCH3 is 1. The maximum atomic E-state index is 11.4. The van der Waals surface area contributed by atoms with Crippen LogP contribution in [0.4, 0.5) is 0 Å². The molecule has 0 bridgehead atoms. The van der Waals surface area contributed by atoms with Crippen molar-refractivity contribution in [2.24, 2.45) is 5.92 Å². The molecule has 0 saturated carbocycles. The summed E-state index contributed by atoms with van der Waals surface area (Å²) in [6, 6.07) is 6.03. The first-order valence-corrected chi connectivity index (χ1v) is 5.26. The van der Waals surface area contributed by atoms with Crippen molar-refractivity contribution in [2.75, 3.05) is 7.11 Å². The highest BCUT2D eigenvalue weighted by Crippen LogP contribution is 2.28. The fraction of sp³-hybridized carbons (Fsp3) is 0.385. The minimum atomic E-state index is -0.136. The number of hydrogen-bond acceptors (Lipinski definition) is 2. The Bertz CT molecular complexity index is 459. The topological polar surface area (TPSA) is 30.7 Å². The fourth-order valence-corrected chi connectivity index (χ4v) is 2.19. The molecule has 0 heterocycles. The lowest BCUT2D eigenvalue weighted by atomic mass is 10.1. The molecule has 0 aliphatic heterocycles. The van der Waals surface area contributed by atoms with Crippen molar-refractivity contribution >= 4 is 5.97 Å². The van der Waals surface area contributed by atoms with Crippen molar-refractivity contribution in [1.29, 1.82) is 0 Å². The second-order valence-electron chi connectivity index (χ2n) is 4.05. The Balaban J connectivity index is 2.18. The Kier molecular flexibility index (Phi) is 2.91. The number of benzene rings is 1. The molecule has 1 aliphatic rings. The number of fused-ring (bicyclic) bond motifs is 1. The molecule has 16 heavy (non-hydrogen) atoms. The fourth-order valence-electron chi connectivity index (χ4n) is 2.19. The molecule has 82 valence electrons. The van der Waals surface area contributed by atoms with E-state index in [-0.39, 0.29) is 11.9 Å². The average molecular weight is 215 g/mol. The van der Waals surface area contributed by atoms with E-state index in [9.17, 15) is 4.79 Å². The Morgan fingerprint density at radius 2 is 2.25 bits per heavy atom. The normalized spacial score (nSPS) is 17.6. The van der Waals surface area contributed by atoms with Gasteiger partial charge in [-0.2, -0.15) is 0 Å². The van der Waals surface area contributed by atoms with E-state index in [2.05, 4.69) is 4.85 Å². The molecular weight excluding hydrogens is 202 g/mol. The summed E-state index contributed by atoms with van der Waals surface area (Å²) in [5.74, 6) is -0.175. The van der Waals surface area contributed by atoms with Crippen LogP contribution in [0.5, 0.6) is 0 Å². The molecule has 0 saturated heterocycles. The van der Waals surface area contributed by atoms with Gasteiger partial charge in [0.2, 0.25) is 6.54 Å². The van der Waals surface area contributed by atoms with Crippen LogP contribution in [-0.4, -0.2) is 13.1 Å². The van der Waals surface area contributed by atoms with E-state index in [1.54, 1.807) is 0 Å². The monoisotopic (exact) mass is 215 g/mol. The van der Waals surface area contributed by atoms with Crippen LogP contribution < -0.4 is 0 Å². The van der Waals surface area contributed by atoms with Crippen molar-refractivity contribution < 1.29 is 9.53 Å². The van der Waals surface area contributed by atoms with E-state index < -0.39 is 0 Å². The quantitative estimate of drug-likeness (QED) is 0.558. The van der Waals surface area contributed by atoms with Gasteiger partial charge in [0.05, 0.1) is 13.0 Å². The maximum absolute atomic E-state index is 11.4. The van der Waals surface area contributed by atoms with Crippen molar-refractivity contribution in [1.82, 2.24) is 0 Å². The van der Waals surface area contributed by atoms with Crippen LogP contribution in [-0.2, 0) is 28.9 Å². The minimum absolute atomic E-state index is 0.0387. The largest absolute Gasteiger partial charge is 0.469 e. The number of rotatable bonds is 2. The van der Waals surface area contributed by atoms with Crippen LogP contribution in [0.1, 0.15) is 16.7 Å². The van der Waals surface area contributed by atoms with Gasteiger partial charge in [-0.3, -0.25) is 4.79 Å². The van der Waals surface area contributed by atoms with Gasteiger partial charge < -0.3 is 9.58 Å². The number of carbonyl (C=O) groups excluding carboxylic acids is 1.